The fourth-order valence-corrected chi connectivity index (χ4v) is 3.43. The van der Waals surface area contributed by atoms with E-state index in [1.165, 1.54) is 10.9 Å². The van der Waals surface area contributed by atoms with Crippen molar-refractivity contribution in [2.75, 3.05) is 12.4 Å². The van der Waals surface area contributed by atoms with Crippen LogP contribution in [-0.2, 0) is 0 Å². The number of anilines is 1. The van der Waals surface area contributed by atoms with E-state index in [2.05, 4.69) is 64.7 Å². The van der Waals surface area contributed by atoms with Gasteiger partial charge in [0.25, 0.3) is 0 Å². The van der Waals surface area contributed by atoms with Gasteiger partial charge in [-0.1, -0.05) is 24.3 Å². The third kappa shape index (κ3) is 3.02. The normalized spacial score (nSPS) is 12.1. The predicted octanol–water partition coefficient (Wildman–Crippen LogP) is 5.08. The Labute approximate surface area is 152 Å². The van der Waals surface area contributed by atoms with E-state index in [1.807, 2.05) is 30.6 Å². The molecule has 0 amide bonds. The maximum Gasteiger partial charge on any atom is 0.120 e. The van der Waals surface area contributed by atoms with Crippen LogP contribution >= 0.6 is 0 Å². The van der Waals surface area contributed by atoms with Crippen LogP contribution in [0.2, 0.25) is 0 Å². The Bertz CT molecular complexity index is 1020. The molecule has 4 heteroatoms. The van der Waals surface area contributed by atoms with Crippen LogP contribution in [0.15, 0.2) is 73.1 Å². The van der Waals surface area contributed by atoms with Crippen LogP contribution in [0.3, 0.4) is 0 Å². The molecule has 0 aliphatic heterocycles. The Morgan fingerprint density at radius 1 is 1.00 bits per heavy atom. The number of aryl methyl sites for hydroxylation is 1. The number of rotatable bonds is 5. The molecule has 2 N–H and O–H groups in total. The van der Waals surface area contributed by atoms with Gasteiger partial charge in [-0.15, -0.1) is 0 Å². The molecule has 0 saturated carbocycles. The number of ether oxygens (including phenoxy) is 1. The van der Waals surface area contributed by atoms with Crippen molar-refractivity contribution < 1.29 is 4.74 Å². The van der Waals surface area contributed by atoms with Crippen molar-refractivity contribution >= 4 is 16.6 Å². The second kappa shape index (κ2) is 6.92. The Hall–Kier alpha value is -3.27. The number of fused-ring (bicyclic) bond motifs is 1. The minimum Gasteiger partial charge on any atom is -0.497 e. The van der Waals surface area contributed by atoms with E-state index in [0.717, 1.165) is 28.2 Å². The number of pyridine rings is 1. The second-order valence-electron chi connectivity index (χ2n) is 6.30. The maximum absolute atomic E-state index is 5.37. The molecule has 130 valence electrons. The van der Waals surface area contributed by atoms with E-state index in [1.54, 1.807) is 7.11 Å². The number of methoxy groups -OCH3 is 1. The van der Waals surface area contributed by atoms with Crippen LogP contribution in [0.5, 0.6) is 5.75 Å². The molecule has 2 aromatic heterocycles. The molecule has 0 fully saturated rings. The number of hydrogen-bond acceptors (Lipinski definition) is 3. The van der Waals surface area contributed by atoms with Crippen LogP contribution < -0.4 is 10.1 Å². The molecule has 1 unspecified atom stereocenters. The van der Waals surface area contributed by atoms with Gasteiger partial charge in [0.15, 0.2) is 0 Å². The number of H-pyrrole nitrogens is 1. The van der Waals surface area contributed by atoms with Gasteiger partial charge in [0.1, 0.15) is 5.75 Å². The number of aromatic amines is 1. The Kier molecular flexibility index (Phi) is 4.32. The zero-order valence-electron chi connectivity index (χ0n) is 14.9. The molecule has 0 aliphatic rings. The van der Waals surface area contributed by atoms with Gasteiger partial charge in [-0.05, 0) is 42.8 Å². The van der Waals surface area contributed by atoms with Crippen molar-refractivity contribution in [1.82, 2.24) is 9.97 Å². The first-order valence-corrected chi connectivity index (χ1v) is 8.64. The molecule has 1 atom stereocenters. The van der Waals surface area contributed by atoms with Crippen molar-refractivity contribution in [3.05, 3.63) is 89.9 Å². The molecular weight excluding hydrogens is 322 g/mol. The minimum absolute atomic E-state index is 0.00116. The summed E-state index contributed by atoms with van der Waals surface area (Å²) >= 11 is 0. The molecule has 0 bridgehead atoms. The van der Waals surface area contributed by atoms with Gasteiger partial charge < -0.3 is 15.0 Å². The molecule has 4 nitrogen and oxygen atoms in total. The summed E-state index contributed by atoms with van der Waals surface area (Å²) in [5, 5.41) is 4.90. The first-order valence-electron chi connectivity index (χ1n) is 8.64. The van der Waals surface area contributed by atoms with Crippen molar-refractivity contribution in [3.8, 4) is 5.75 Å². The van der Waals surface area contributed by atoms with E-state index in [0.29, 0.717) is 0 Å². The maximum atomic E-state index is 5.37. The largest absolute Gasteiger partial charge is 0.497 e. The summed E-state index contributed by atoms with van der Waals surface area (Å²) in [5.41, 5.74) is 5.72. The summed E-state index contributed by atoms with van der Waals surface area (Å²) in [6, 6.07) is 20.5. The average molecular weight is 343 g/mol. The van der Waals surface area contributed by atoms with Gasteiger partial charge in [0.2, 0.25) is 0 Å². The first kappa shape index (κ1) is 16.2. The fraction of sp³-hybridized carbons (Fsp3) is 0.136. The van der Waals surface area contributed by atoms with E-state index >= 15 is 0 Å². The molecule has 0 aliphatic carbocycles. The topological polar surface area (TPSA) is 49.9 Å². The molecular formula is C22H21N3O. The van der Waals surface area contributed by atoms with Gasteiger partial charge in [-0.3, -0.25) is 4.98 Å². The predicted molar refractivity (Wildman–Crippen MR) is 106 cm³/mol. The van der Waals surface area contributed by atoms with Crippen molar-refractivity contribution in [3.63, 3.8) is 0 Å². The lowest BCUT2D eigenvalue weighted by Gasteiger charge is -2.22. The van der Waals surface area contributed by atoms with Crippen molar-refractivity contribution in [2.24, 2.45) is 0 Å². The lowest BCUT2D eigenvalue weighted by molar-refractivity contribution is 0.415. The van der Waals surface area contributed by atoms with Gasteiger partial charge in [-0.2, -0.15) is 0 Å². The van der Waals surface area contributed by atoms with Crippen molar-refractivity contribution in [2.45, 2.75) is 13.0 Å². The molecule has 26 heavy (non-hydrogen) atoms. The summed E-state index contributed by atoms with van der Waals surface area (Å²) in [7, 11) is 1.68. The van der Waals surface area contributed by atoms with Gasteiger partial charge in [0, 0.05) is 46.3 Å². The Morgan fingerprint density at radius 3 is 2.62 bits per heavy atom. The van der Waals surface area contributed by atoms with Crippen LogP contribution in [0, 0.1) is 6.92 Å². The number of nitrogens with one attached hydrogen (secondary N) is 2. The number of aromatic nitrogens is 2. The molecule has 2 heterocycles. The third-order valence-electron chi connectivity index (χ3n) is 4.65. The minimum atomic E-state index is 0.00116. The first-order chi connectivity index (χ1) is 12.8. The molecule has 4 aromatic rings. The molecule has 0 spiro atoms. The molecule has 0 saturated heterocycles. The summed E-state index contributed by atoms with van der Waals surface area (Å²) in [6.07, 6.45) is 3.67. The number of hydrogen-bond donors (Lipinski definition) is 2. The van der Waals surface area contributed by atoms with Crippen LogP contribution in [-0.4, -0.2) is 17.1 Å². The SMILES string of the molecule is COc1cccc(NC(c2ccncc2)c2c(C)[nH]c3ccccc23)c1. The summed E-state index contributed by atoms with van der Waals surface area (Å²) in [6.45, 7) is 2.12. The average Bonchev–Trinajstić information content (AvgIpc) is 3.02. The zero-order chi connectivity index (χ0) is 17.9. The summed E-state index contributed by atoms with van der Waals surface area (Å²) in [4.78, 5) is 7.68. The van der Waals surface area contributed by atoms with Gasteiger partial charge >= 0.3 is 0 Å². The van der Waals surface area contributed by atoms with Crippen LogP contribution in [0.25, 0.3) is 10.9 Å². The highest BCUT2D eigenvalue weighted by Gasteiger charge is 2.21. The highest BCUT2D eigenvalue weighted by atomic mass is 16.5. The van der Waals surface area contributed by atoms with E-state index < -0.39 is 0 Å². The summed E-state index contributed by atoms with van der Waals surface area (Å²) < 4.78 is 5.37. The quantitative estimate of drug-likeness (QED) is 0.531. The van der Waals surface area contributed by atoms with E-state index in [4.69, 9.17) is 4.74 Å². The van der Waals surface area contributed by atoms with Gasteiger partial charge in [0.05, 0.1) is 13.2 Å². The van der Waals surface area contributed by atoms with E-state index in [9.17, 15) is 0 Å². The Morgan fingerprint density at radius 2 is 1.81 bits per heavy atom. The lowest BCUT2D eigenvalue weighted by atomic mass is 9.96. The van der Waals surface area contributed by atoms with Crippen LogP contribution in [0.4, 0.5) is 5.69 Å². The molecule has 2 aromatic carbocycles. The summed E-state index contributed by atoms with van der Waals surface area (Å²) in [5.74, 6) is 0.833. The zero-order valence-corrected chi connectivity index (χ0v) is 14.9. The fourth-order valence-electron chi connectivity index (χ4n) is 3.43. The highest BCUT2D eigenvalue weighted by Crippen LogP contribution is 2.34. The second-order valence-corrected chi connectivity index (χ2v) is 6.30. The third-order valence-corrected chi connectivity index (χ3v) is 4.65. The number of nitrogens with zero attached hydrogens (tertiary/aromatic N) is 1. The van der Waals surface area contributed by atoms with Gasteiger partial charge in [-0.25, -0.2) is 0 Å². The van der Waals surface area contributed by atoms with E-state index in [-0.39, 0.29) is 6.04 Å². The molecule has 4 rings (SSSR count). The lowest BCUT2D eigenvalue weighted by Crippen LogP contribution is -2.13. The van der Waals surface area contributed by atoms with Crippen molar-refractivity contribution in [1.29, 1.82) is 0 Å². The smallest absolute Gasteiger partial charge is 0.120 e. The monoisotopic (exact) mass is 343 g/mol. The highest BCUT2D eigenvalue weighted by molar-refractivity contribution is 5.86. The number of para-hydroxylation sites is 1. The molecule has 0 radical (unpaired) electrons. The Balaban J connectivity index is 1.84. The number of benzene rings is 2. The van der Waals surface area contributed by atoms with Crippen LogP contribution in [0.1, 0.15) is 22.9 Å². The standard InChI is InChI=1S/C22H21N3O/c1-15-21(19-8-3-4-9-20(19)24-15)22(16-10-12-23-13-11-16)25-17-6-5-7-18(14-17)26-2/h3-14,22,24-25H,1-2H3.